The van der Waals surface area contributed by atoms with Gasteiger partial charge in [-0.3, -0.25) is 14.2 Å². The van der Waals surface area contributed by atoms with Crippen LogP contribution in [0.4, 0.5) is 5.82 Å². The van der Waals surface area contributed by atoms with Crippen molar-refractivity contribution < 1.29 is 4.79 Å². The minimum atomic E-state index is -0.0906. The molecule has 1 aliphatic heterocycles. The molecule has 1 aliphatic rings. The third-order valence-electron chi connectivity index (χ3n) is 6.58. The number of fused-ring (bicyclic) bond motifs is 3. The maximum Gasteiger partial charge on any atom is 0.276 e. The molecule has 0 spiro atoms. The van der Waals surface area contributed by atoms with E-state index in [2.05, 4.69) is 14.9 Å². The second kappa shape index (κ2) is 8.72. The first-order valence-electron chi connectivity index (χ1n) is 11.7. The molecule has 1 saturated heterocycles. The van der Waals surface area contributed by atoms with Crippen LogP contribution in [0, 0.1) is 0 Å². The van der Waals surface area contributed by atoms with Gasteiger partial charge in [0.25, 0.3) is 11.5 Å². The van der Waals surface area contributed by atoms with Crippen LogP contribution >= 0.6 is 0 Å². The highest BCUT2D eigenvalue weighted by Crippen LogP contribution is 2.17. The topological polar surface area (TPSA) is 75.7 Å². The normalized spacial score (nSPS) is 14.1. The number of benzene rings is 1. The maximum absolute atomic E-state index is 13.2. The number of nitrogens with zero attached hydrogens (tertiary/aromatic N) is 6. The van der Waals surface area contributed by atoms with Crippen molar-refractivity contribution in [2.45, 2.75) is 6.54 Å². The second-order valence-electron chi connectivity index (χ2n) is 8.66. The molecule has 174 valence electrons. The molecule has 0 atom stereocenters. The molecule has 8 nitrogen and oxygen atoms in total. The van der Waals surface area contributed by atoms with E-state index >= 15 is 0 Å². The van der Waals surface area contributed by atoms with Gasteiger partial charge in [-0.25, -0.2) is 9.97 Å². The first-order chi connectivity index (χ1) is 17.2. The average molecular weight is 465 g/mol. The van der Waals surface area contributed by atoms with E-state index < -0.39 is 0 Å². The van der Waals surface area contributed by atoms with Gasteiger partial charge in [0.15, 0.2) is 5.65 Å². The molecule has 6 rings (SSSR count). The largest absolute Gasteiger partial charge is 0.353 e. The first kappa shape index (κ1) is 21.1. The van der Waals surface area contributed by atoms with E-state index in [-0.39, 0.29) is 11.5 Å². The number of hydrogen-bond donors (Lipinski definition) is 0. The summed E-state index contributed by atoms with van der Waals surface area (Å²) in [6.07, 6.45) is 5.36. The molecule has 35 heavy (non-hydrogen) atoms. The Morgan fingerprint density at radius 2 is 1.57 bits per heavy atom. The van der Waals surface area contributed by atoms with Crippen molar-refractivity contribution in [1.29, 1.82) is 0 Å². The number of pyridine rings is 2. The molecule has 1 aromatic carbocycles. The molecule has 4 aromatic heterocycles. The van der Waals surface area contributed by atoms with Gasteiger partial charge in [0.1, 0.15) is 11.3 Å². The number of aromatic nitrogens is 4. The number of rotatable bonds is 4. The molecule has 0 bridgehead atoms. The molecule has 0 radical (unpaired) electrons. The molecule has 5 aromatic rings. The van der Waals surface area contributed by atoms with Crippen molar-refractivity contribution in [3.8, 4) is 0 Å². The van der Waals surface area contributed by atoms with Crippen molar-refractivity contribution in [2.24, 2.45) is 0 Å². The van der Waals surface area contributed by atoms with Crippen LogP contribution in [0.1, 0.15) is 15.9 Å². The minimum Gasteiger partial charge on any atom is -0.353 e. The van der Waals surface area contributed by atoms with Crippen LogP contribution in [0.25, 0.3) is 16.7 Å². The van der Waals surface area contributed by atoms with E-state index in [0.29, 0.717) is 36.4 Å². The Morgan fingerprint density at radius 1 is 0.800 bits per heavy atom. The smallest absolute Gasteiger partial charge is 0.276 e. The highest BCUT2D eigenvalue weighted by Gasteiger charge is 2.23. The molecule has 5 heterocycles. The maximum atomic E-state index is 13.2. The zero-order valence-electron chi connectivity index (χ0n) is 19.1. The quantitative estimate of drug-likeness (QED) is 0.409. The fourth-order valence-corrected chi connectivity index (χ4v) is 4.73. The van der Waals surface area contributed by atoms with Gasteiger partial charge in [0, 0.05) is 50.3 Å². The first-order valence-corrected chi connectivity index (χ1v) is 11.7. The Labute approximate surface area is 201 Å². The molecule has 0 aliphatic carbocycles. The zero-order chi connectivity index (χ0) is 23.8. The van der Waals surface area contributed by atoms with Gasteiger partial charge < -0.3 is 14.2 Å². The van der Waals surface area contributed by atoms with Gasteiger partial charge in [-0.1, -0.05) is 18.2 Å². The van der Waals surface area contributed by atoms with Gasteiger partial charge in [0.2, 0.25) is 0 Å². The van der Waals surface area contributed by atoms with Gasteiger partial charge >= 0.3 is 0 Å². The number of carbonyl (C=O) groups is 1. The Balaban J connectivity index is 1.20. The summed E-state index contributed by atoms with van der Waals surface area (Å²) in [6, 6.07) is 20.9. The third-order valence-corrected chi connectivity index (χ3v) is 6.58. The molecule has 1 fully saturated rings. The summed E-state index contributed by atoms with van der Waals surface area (Å²) >= 11 is 0. The molecule has 8 heteroatoms. The van der Waals surface area contributed by atoms with E-state index in [1.165, 1.54) is 0 Å². The molecule has 0 saturated carbocycles. The standard InChI is InChI=1S/C27H24N6O2/c34-26(31-17-15-30(16-18-31)24-7-1-2-12-28-24)21-10-8-20(9-11-21)19-33-25-22(5-3-13-29-25)32-14-4-6-23(32)27(33)35/h1-14H,15-19H2. The predicted molar refractivity (Wildman–Crippen MR) is 135 cm³/mol. The lowest BCUT2D eigenvalue weighted by Crippen LogP contribution is -2.49. The van der Waals surface area contributed by atoms with Crippen LogP contribution < -0.4 is 10.5 Å². The van der Waals surface area contributed by atoms with Crippen molar-refractivity contribution in [3.63, 3.8) is 0 Å². The molecular weight excluding hydrogens is 440 g/mol. The van der Waals surface area contributed by atoms with E-state index in [0.717, 1.165) is 30.0 Å². The highest BCUT2D eigenvalue weighted by atomic mass is 16.2. The summed E-state index contributed by atoms with van der Waals surface area (Å²) in [5.74, 6) is 0.968. The van der Waals surface area contributed by atoms with Crippen molar-refractivity contribution >= 4 is 28.4 Å². The Morgan fingerprint density at radius 3 is 2.34 bits per heavy atom. The van der Waals surface area contributed by atoms with Crippen LogP contribution in [-0.2, 0) is 6.54 Å². The fraction of sp³-hybridized carbons (Fsp3) is 0.185. The molecule has 1 amide bonds. The van der Waals surface area contributed by atoms with E-state index in [4.69, 9.17) is 0 Å². The van der Waals surface area contributed by atoms with Gasteiger partial charge in [-0.15, -0.1) is 0 Å². The van der Waals surface area contributed by atoms with E-state index in [9.17, 15) is 9.59 Å². The minimum absolute atomic E-state index is 0.0242. The number of hydrogen-bond acceptors (Lipinski definition) is 5. The summed E-state index contributed by atoms with van der Waals surface area (Å²) in [5.41, 5.74) is 3.62. The SMILES string of the molecule is O=C(c1ccc(Cn2c(=O)c3cccn3c3cccnc32)cc1)N1CCN(c2ccccn2)CC1. The predicted octanol–water partition coefficient (Wildman–Crippen LogP) is 3.05. The molecule has 0 N–H and O–H groups in total. The highest BCUT2D eigenvalue weighted by molar-refractivity contribution is 5.94. The van der Waals surface area contributed by atoms with Crippen LogP contribution in [0.3, 0.4) is 0 Å². The Hall–Kier alpha value is -4.46. The summed E-state index contributed by atoms with van der Waals surface area (Å²) in [7, 11) is 0. The van der Waals surface area contributed by atoms with Crippen LogP contribution in [0.5, 0.6) is 0 Å². The second-order valence-corrected chi connectivity index (χ2v) is 8.66. The fourth-order valence-electron chi connectivity index (χ4n) is 4.73. The summed E-state index contributed by atoms with van der Waals surface area (Å²) in [4.78, 5) is 39.2. The summed E-state index contributed by atoms with van der Waals surface area (Å²) < 4.78 is 3.56. The third kappa shape index (κ3) is 3.82. The van der Waals surface area contributed by atoms with Crippen molar-refractivity contribution in [2.75, 3.05) is 31.1 Å². The van der Waals surface area contributed by atoms with Gasteiger partial charge in [-0.2, -0.15) is 0 Å². The van der Waals surface area contributed by atoms with E-state index in [1.54, 1.807) is 17.0 Å². The van der Waals surface area contributed by atoms with Gasteiger partial charge in [-0.05, 0) is 54.1 Å². The lowest BCUT2D eigenvalue weighted by atomic mass is 10.1. The van der Waals surface area contributed by atoms with Crippen molar-refractivity contribution in [3.05, 3.63) is 107 Å². The van der Waals surface area contributed by atoms with Gasteiger partial charge in [0.05, 0.1) is 12.1 Å². The molecular formula is C27H24N6O2. The average Bonchev–Trinajstić information content (AvgIpc) is 3.42. The number of carbonyl (C=O) groups excluding carboxylic acids is 1. The number of amides is 1. The summed E-state index contributed by atoms with van der Waals surface area (Å²) in [5, 5.41) is 0. The van der Waals surface area contributed by atoms with Crippen LogP contribution in [0.15, 0.2) is 90.1 Å². The molecule has 0 unspecified atom stereocenters. The Kier molecular flexibility index (Phi) is 5.25. The lowest BCUT2D eigenvalue weighted by Gasteiger charge is -2.35. The monoisotopic (exact) mass is 464 g/mol. The zero-order valence-corrected chi connectivity index (χ0v) is 19.1. The van der Waals surface area contributed by atoms with E-state index in [1.807, 2.05) is 82.2 Å². The summed E-state index contributed by atoms with van der Waals surface area (Å²) in [6.45, 7) is 3.20. The lowest BCUT2D eigenvalue weighted by molar-refractivity contribution is 0.0746. The van der Waals surface area contributed by atoms with Crippen LogP contribution in [0.2, 0.25) is 0 Å². The van der Waals surface area contributed by atoms with Crippen LogP contribution in [-0.4, -0.2) is 55.9 Å². The Bertz CT molecular complexity index is 1560. The van der Waals surface area contributed by atoms with Crippen molar-refractivity contribution in [1.82, 2.24) is 23.8 Å². The number of piperazine rings is 1. The number of anilines is 1.